The van der Waals surface area contributed by atoms with Crippen molar-refractivity contribution in [3.8, 4) is 0 Å². The van der Waals surface area contributed by atoms with Crippen molar-refractivity contribution < 1.29 is 28.6 Å². The van der Waals surface area contributed by atoms with E-state index in [-0.39, 0.29) is 49.9 Å². The number of rotatable bonds is 15. The summed E-state index contributed by atoms with van der Waals surface area (Å²) in [5.41, 5.74) is 0. The summed E-state index contributed by atoms with van der Waals surface area (Å²) in [4.78, 5) is 34.1. The van der Waals surface area contributed by atoms with Crippen LogP contribution in [0.2, 0.25) is 0 Å². The second kappa shape index (κ2) is 15.0. The fourth-order valence-corrected chi connectivity index (χ4v) is 1.48. The van der Waals surface area contributed by atoms with E-state index in [4.69, 9.17) is 14.2 Å². The Labute approximate surface area is 143 Å². The Hall–Kier alpha value is -1.51. The quantitative estimate of drug-likeness (QED) is 0.402. The van der Waals surface area contributed by atoms with Crippen molar-refractivity contribution in [2.45, 2.75) is 27.2 Å². The fraction of sp³-hybridized carbons (Fsp3) is 0.812. The highest BCUT2D eigenvalue weighted by molar-refractivity contribution is 5.81. The van der Waals surface area contributed by atoms with Crippen molar-refractivity contribution in [2.24, 2.45) is 5.92 Å². The molecule has 0 aromatic carbocycles. The van der Waals surface area contributed by atoms with Crippen LogP contribution in [0.4, 0.5) is 0 Å². The molecule has 0 unspecified atom stereocenters. The average Bonchev–Trinajstić information content (AvgIpc) is 2.54. The molecule has 0 atom stereocenters. The summed E-state index contributed by atoms with van der Waals surface area (Å²) in [6.45, 7) is 7.66. The first kappa shape index (κ1) is 22.5. The van der Waals surface area contributed by atoms with Gasteiger partial charge in [0.2, 0.25) is 11.8 Å². The first-order valence-electron chi connectivity index (χ1n) is 8.26. The predicted molar refractivity (Wildman–Crippen MR) is 88.6 cm³/mol. The van der Waals surface area contributed by atoms with Gasteiger partial charge in [-0.25, -0.2) is 0 Å². The van der Waals surface area contributed by atoms with Crippen LogP contribution in [-0.2, 0) is 28.6 Å². The van der Waals surface area contributed by atoms with Crippen molar-refractivity contribution in [3.05, 3.63) is 0 Å². The molecule has 0 rings (SSSR count). The number of carbonyl (C=O) groups excluding carboxylic acids is 3. The van der Waals surface area contributed by atoms with Gasteiger partial charge in [-0.3, -0.25) is 14.4 Å². The minimum Gasteiger partial charge on any atom is -0.381 e. The highest BCUT2D eigenvalue weighted by Gasteiger charge is 2.07. The summed E-state index contributed by atoms with van der Waals surface area (Å²) in [6.07, 6.45) is 0.313. The third-order valence-electron chi connectivity index (χ3n) is 2.94. The normalized spacial score (nSPS) is 10.7. The maximum absolute atomic E-state index is 11.5. The molecule has 24 heavy (non-hydrogen) atoms. The third-order valence-corrected chi connectivity index (χ3v) is 2.94. The molecule has 0 aliphatic carbocycles. The Kier molecular flexibility index (Phi) is 14.1. The number of carbonyl (C=O) groups is 3. The van der Waals surface area contributed by atoms with Crippen LogP contribution in [0.25, 0.3) is 0 Å². The lowest BCUT2D eigenvalue weighted by molar-refractivity contribution is -0.127. The number of amides is 2. The molecule has 0 aromatic heterocycles. The van der Waals surface area contributed by atoms with Gasteiger partial charge in [0.15, 0.2) is 5.78 Å². The van der Waals surface area contributed by atoms with Crippen LogP contribution >= 0.6 is 0 Å². The molecule has 0 aliphatic heterocycles. The number of ketones is 1. The van der Waals surface area contributed by atoms with E-state index < -0.39 is 0 Å². The summed E-state index contributed by atoms with van der Waals surface area (Å²) in [5.74, 6) is -0.387. The summed E-state index contributed by atoms with van der Waals surface area (Å²) in [5, 5.41) is 5.28. The van der Waals surface area contributed by atoms with Gasteiger partial charge in [0.25, 0.3) is 0 Å². The molecule has 0 saturated heterocycles. The van der Waals surface area contributed by atoms with Crippen LogP contribution in [0, 0.1) is 5.92 Å². The molecule has 8 heteroatoms. The van der Waals surface area contributed by atoms with E-state index in [0.29, 0.717) is 32.7 Å². The highest BCUT2D eigenvalue weighted by Crippen LogP contribution is 1.93. The first-order chi connectivity index (χ1) is 11.5. The van der Waals surface area contributed by atoms with Crippen LogP contribution in [0.15, 0.2) is 0 Å². The molecule has 0 fully saturated rings. The van der Waals surface area contributed by atoms with E-state index >= 15 is 0 Å². The Balaban J connectivity index is 3.41. The van der Waals surface area contributed by atoms with E-state index in [0.717, 1.165) is 0 Å². The van der Waals surface area contributed by atoms with E-state index in [2.05, 4.69) is 10.6 Å². The van der Waals surface area contributed by atoms with Gasteiger partial charge in [0.05, 0.1) is 19.8 Å². The Bertz CT molecular complexity index is 374. The molecule has 0 aromatic rings. The lowest BCUT2D eigenvalue weighted by Crippen LogP contribution is -2.33. The molecule has 0 spiro atoms. The van der Waals surface area contributed by atoms with Gasteiger partial charge in [0, 0.05) is 32.0 Å². The van der Waals surface area contributed by atoms with Gasteiger partial charge in [-0.2, -0.15) is 0 Å². The minimum absolute atomic E-state index is 0.0352. The van der Waals surface area contributed by atoms with Gasteiger partial charge in [-0.1, -0.05) is 13.8 Å². The van der Waals surface area contributed by atoms with Crippen molar-refractivity contribution in [2.75, 3.05) is 52.7 Å². The number of nitrogens with one attached hydrogen (secondary N) is 2. The van der Waals surface area contributed by atoms with Gasteiger partial charge >= 0.3 is 0 Å². The zero-order valence-corrected chi connectivity index (χ0v) is 14.9. The van der Waals surface area contributed by atoms with Crippen LogP contribution in [0.5, 0.6) is 0 Å². The Morgan fingerprint density at radius 2 is 1.42 bits per heavy atom. The van der Waals surface area contributed by atoms with Crippen LogP contribution < -0.4 is 10.6 Å². The van der Waals surface area contributed by atoms with Gasteiger partial charge in [0.1, 0.15) is 13.2 Å². The zero-order chi connectivity index (χ0) is 18.2. The molecule has 0 aliphatic rings. The molecule has 8 nitrogen and oxygen atoms in total. The minimum atomic E-state index is -0.267. The summed E-state index contributed by atoms with van der Waals surface area (Å²) < 4.78 is 15.4. The third kappa shape index (κ3) is 14.1. The molecular formula is C16H30N2O6. The summed E-state index contributed by atoms with van der Waals surface area (Å²) >= 11 is 0. The first-order valence-corrected chi connectivity index (χ1v) is 8.26. The van der Waals surface area contributed by atoms with Crippen molar-refractivity contribution in [1.82, 2.24) is 10.6 Å². The largest absolute Gasteiger partial charge is 0.381 e. The highest BCUT2D eigenvalue weighted by atomic mass is 16.5. The van der Waals surface area contributed by atoms with Gasteiger partial charge in [-0.05, 0) is 6.92 Å². The van der Waals surface area contributed by atoms with Gasteiger partial charge in [-0.15, -0.1) is 0 Å². The number of hydrogen-bond donors (Lipinski definition) is 2. The second-order valence-electron chi connectivity index (χ2n) is 5.37. The molecular weight excluding hydrogens is 316 g/mol. The van der Waals surface area contributed by atoms with Gasteiger partial charge < -0.3 is 24.8 Å². The topological polar surface area (TPSA) is 103 Å². The SMILES string of the molecule is CCOCCC(=O)NCCOCC(=O)NCCOCC(=O)C(C)C. The Morgan fingerprint density at radius 1 is 0.833 bits per heavy atom. The maximum atomic E-state index is 11.5. The lowest BCUT2D eigenvalue weighted by atomic mass is 10.1. The van der Waals surface area contributed by atoms with Crippen LogP contribution in [0.1, 0.15) is 27.2 Å². The fourth-order valence-electron chi connectivity index (χ4n) is 1.48. The maximum Gasteiger partial charge on any atom is 0.246 e. The average molecular weight is 346 g/mol. The number of Topliss-reactive ketones (excluding diaryl/α,β-unsaturated/α-hetero) is 1. The molecule has 0 radical (unpaired) electrons. The molecule has 140 valence electrons. The predicted octanol–water partition coefficient (Wildman–Crippen LogP) is -0.0963. The molecule has 2 N–H and O–H groups in total. The van der Waals surface area contributed by atoms with Crippen LogP contribution in [0.3, 0.4) is 0 Å². The molecule has 0 bridgehead atoms. The van der Waals surface area contributed by atoms with Crippen molar-refractivity contribution >= 4 is 17.6 Å². The molecule has 0 saturated carbocycles. The van der Waals surface area contributed by atoms with Crippen LogP contribution in [-0.4, -0.2) is 70.3 Å². The number of hydrogen-bond acceptors (Lipinski definition) is 6. The second-order valence-corrected chi connectivity index (χ2v) is 5.37. The lowest BCUT2D eigenvalue weighted by Gasteiger charge is -2.08. The van der Waals surface area contributed by atoms with E-state index in [1.54, 1.807) is 0 Å². The van der Waals surface area contributed by atoms with Crippen molar-refractivity contribution in [1.29, 1.82) is 0 Å². The van der Waals surface area contributed by atoms with Crippen molar-refractivity contribution in [3.63, 3.8) is 0 Å². The van der Waals surface area contributed by atoms with E-state index in [1.807, 2.05) is 20.8 Å². The smallest absolute Gasteiger partial charge is 0.246 e. The molecule has 2 amide bonds. The molecule has 0 heterocycles. The van der Waals surface area contributed by atoms with E-state index in [9.17, 15) is 14.4 Å². The zero-order valence-electron chi connectivity index (χ0n) is 14.9. The monoisotopic (exact) mass is 346 g/mol. The standard InChI is InChI=1S/C16H30N2O6/c1-4-22-8-5-15(20)17-6-10-24-12-16(21)18-7-9-23-11-14(19)13(2)3/h13H,4-12H2,1-3H3,(H,17,20)(H,18,21). The van der Waals surface area contributed by atoms with E-state index in [1.165, 1.54) is 0 Å². The summed E-state index contributed by atoms with van der Waals surface area (Å²) in [6, 6.07) is 0. The summed E-state index contributed by atoms with van der Waals surface area (Å²) in [7, 11) is 0. The number of ether oxygens (including phenoxy) is 3. The Morgan fingerprint density at radius 3 is 2.00 bits per heavy atom.